The maximum Gasteiger partial charge on any atom is 0.306 e. The normalized spacial score (nSPS) is 10.5. The Kier molecular flexibility index (Phi) is 6.39. The monoisotopic (exact) mass is 399 g/mol. The number of hydrogen-bond acceptors (Lipinski definition) is 6. The van der Waals surface area contributed by atoms with Crippen molar-refractivity contribution in [3.63, 3.8) is 0 Å². The number of halogens is 1. The number of nitrogens with one attached hydrogen (secondary N) is 1. The number of ether oxygens (including phenoxy) is 1. The summed E-state index contributed by atoms with van der Waals surface area (Å²) < 4.78 is 10.1. The fourth-order valence-electron chi connectivity index (χ4n) is 2.33. The predicted molar refractivity (Wildman–Crippen MR) is 104 cm³/mol. The maximum atomic E-state index is 11.8. The number of anilines is 1. The first-order chi connectivity index (χ1) is 13.5. The second kappa shape index (κ2) is 9.14. The molecule has 0 bridgehead atoms. The highest BCUT2D eigenvalue weighted by atomic mass is 35.5. The predicted octanol–water partition coefficient (Wildman–Crippen LogP) is 3.81. The molecule has 1 N–H and O–H groups in total. The molecule has 1 heterocycles. The van der Waals surface area contributed by atoms with Gasteiger partial charge in [-0.3, -0.25) is 9.59 Å². The number of aromatic nitrogens is 2. The third-order valence-corrected chi connectivity index (χ3v) is 4.07. The fourth-order valence-corrected chi connectivity index (χ4v) is 2.46. The van der Waals surface area contributed by atoms with Crippen LogP contribution < -0.4 is 5.32 Å². The van der Waals surface area contributed by atoms with Crippen LogP contribution in [-0.4, -0.2) is 28.6 Å². The maximum absolute atomic E-state index is 11.8. The number of amides is 1. The molecule has 28 heavy (non-hydrogen) atoms. The smallest absolute Gasteiger partial charge is 0.306 e. The Bertz CT molecular complexity index is 952. The lowest BCUT2D eigenvalue weighted by atomic mass is 10.2. The van der Waals surface area contributed by atoms with Crippen LogP contribution in [0.5, 0.6) is 0 Å². The second-order valence-electron chi connectivity index (χ2n) is 6.09. The van der Waals surface area contributed by atoms with Crippen molar-refractivity contribution in [1.29, 1.82) is 0 Å². The molecule has 1 aromatic heterocycles. The molecule has 144 valence electrons. The molecule has 1 amide bonds. The van der Waals surface area contributed by atoms with Gasteiger partial charge >= 0.3 is 5.97 Å². The van der Waals surface area contributed by atoms with Crippen LogP contribution in [0.25, 0.3) is 11.4 Å². The molecule has 0 saturated heterocycles. The van der Waals surface area contributed by atoms with Gasteiger partial charge in [0.2, 0.25) is 11.7 Å². The number of nitrogens with zero attached hydrogens (tertiary/aromatic N) is 2. The van der Waals surface area contributed by atoms with E-state index >= 15 is 0 Å². The van der Waals surface area contributed by atoms with Gasteiger partial charge in [0.05, 0.1) is 6.42 Å². The highest BCUT2D eigenvalue weighted by Gasteiger charge is 2.13. The van der Waals surface area contributed by atoms with E-state index in [-0.39, 0.29) is 19.4 Å². The number of aryl methyl sites for hydroxylation is 2. The number of carbonyl (C=O) groups is 2. The third-order valence-electron chi connectivity index (χ3n) is 3.81. The molecule has 0 radical (unpaired) electrons. The highest BCUT2D eigenvalue weighted by molar-refractivity contribution is 6.30. The van der Waals surface area contributed by atoms with Crippen LogP contribution in [-0.2, 0) is 20.7 Å². The summed E-state index contributed by atoms with van der Waals surface area (Å²) >= 11 is 5.85. The molecule has 0 aliphatic carbocycles. The average molecular weight is 400 g/mol. The number of rotatable bonds is 7. The average Bonchev–Trinajstić information content (AvgIpc) is 3.16. The Morgan fingerprint density at radius 1 is 1.11 bits per heavy atom. The molecule has 3 rings (SSSR count). The Balaban J connectivity index is 1.42. The van der Waals surface area contributed by atoms with Crippen molar-refractivity contribution in [1.82, 2.24) is 10.1 Å². The van der Waals surface area contributed by atoms with Gasteiger partial charge in [0, 0.05) is 22.7 Å². The van der Waals surface area contributed by atoms with Crippen molar-refractivity contribution in [2.24, 2.45) is 0 Å². The summed E-state index contributed by atoms with van der Waals surface area (Å²) in [5.41, 5.74) is 2.49. The molecule has 8 heteroatoms. The SMILES string of the molecule is Cc1ccc(NC(=O)COC(=O)CCc2nc(-c3ccc(Cl)cc3)no2)cc1. The van der Waals surface area contributed by atoms with Crippen LogP contribution in [0.4, 0.5) is 5.69 Å². The summed E-state index contributed by atoms with van der Waals surface area (Å²) in [6, 6.07) is 14.3. The molecule has 0 aliphatic heterocycles. The highest BCUT2D eigenvalue weighted by Crippen LogP contribution is 2.19. The summed E-state index contributed by atoms with van der Waals surface area (Å²) in [7, 11) is 0. The van der Waals surface area contributed by atoms with Crippen molar-refractivity contribution in [3.8, 4) is 11.4 Å². The van der Waals surface area contributed by atoms with E-state index in [1.54, 1.807) is 36.4 Å². The number of hydrogen-bond donors (Lipinski definition) is 1. The zero-order valence-electron chi connectivity index (χ0n) is 15.1. The van der Waals surface area contributed by atoms with Gasteiger partial charge in [-0.25, -0.2) is 0 Å². The minimum atomic E-state index is -0.523. The van der Waals surface area contributed by atoms with E-state index in [1.165, 1.54) is 0 Å². The van der Waals surface area contributed by atoms with Crippen LogP contribution >= 0.6 is 11.6 Å². The minimum Gasteiger partial charge on any atom is -0.456 e. The molecule has 0 atom stereocenters. The Labute approximate surface area is 166 Å². The standard InChI is InChI=1S/C20H18ClN3O4/c1-13-2-8-16(9-3-13)22-17(25)12-27-19(26)11-10-18-23-20(24-28-18)14-4-6-15(21)7-5-14/h2-9H,10-12H2,1H3,(H,22,25). The van der Waals surface area contributed by atoms with Crippen LogP contribution in [0.15, 0.2) is 53.1 Å². The van der Waals surface area contributed by atoms with Crippen LogP contribution in [0, 0.1) is 6.92 Å². The molecule has 2 aromatic carbocycles. The van der Waals surface area contributed by atoms with E-state index in [9.17, 15) is 9.59 Å². The second-order valence-corrected chi connectivity index (χ2v) is 6.53. The fraction of sp³-hybridized carbons (Fsp3) is 0.200. The molecule has 0 spiro atoms. The lowest BCUT2D eigenvalue weighted by Gasteiger charge is -2.06. The van der Waals surface area contributed by atoms with Crippen molar-refractivity contribution in [2.45, 2.75) is 19.8 Å². The Morgan fingerprint density at radius 2 is 1.82 bits per heavy atom. The number of benzene rings is 2. The van der Waals surface area contributed by atoms with Crippen molar-refractivity contribution in [2.75, 3.05) is 11.9 Å². The summed E-state index contributed by atoms with van der Waals surface area (Å²) in [4.78, 5) is 27.9. The van der Waals surface area contributed by atoms with Gasteiger partial charge in [-0.15, -0.1) is 0 Å². The minimum absolute atomic E-state index is 0.0278. The molecular weight excluding hydrogens is 382 g/mol. The first kappa shape index (κ1) is 19.6. The van der Waals surface area contributed by atoms with E-state index in [2.05, 4.69) is 15.5 Å². The molecule has 0 saturated carbocycles. The largest absolute Gasteiger partial charge is 0.456 e. The Morgan fingerprint density at radius 3 is 2.54 bits per heavy atom. The zero-order chi connectivity index (χ0) is 19.9. The zero-order valence-corrected chi connectivity index (χ0v) is 15.9. The molecule has 0 fully saturated rings. The summed E-state index contributed by atoms with van der Waals surface area (Å²) in [5.74, 6) is -0.200. The van der Waals surface area contributed by atoms with E-state index in [0.717, 1.165) is 11.1 Å². The van der Waals surface area contributed by atoms with Gasteiger partial charge in [-0.05, 0) is 43.3 Å². The van der Waals surface area contributed by atoms with Crippen LogP contribution in [0.1, 0.15) is 17.9 Å². The van der Waals surface area contributed by atoms with E-state index in [1.807, 2.05) is 19.1 Å². The molecule has 3 aromatic rings. The van der Waals surface area contributed by atoms with Gasteiger partial charge in [0.15, 0.2) is 6.61 Å². The van der Waals surface area contributed by atoms with Crippen molar-refractivity contribution >= 4 is 29.2 Å². The molecular formula is C20H18ClN3O4. The number of esters is 1. The van der Waals surface area contributed by atoms with Gasteiger partial charge < -0.3 is 14.6 Å². The van der Waals surface area contributed by atoms with E-state index < -0.39 is 11.9 Å². The van der Waals surface area contributed by atoms with Gasteiger partial charge in [0.25, 0.3) is 5.91 Å². The molecule has 7 nitrogen and oxygen atoms in total. The first-order valence-corrected chi connectivity index (χ1v) is 8.98. The lowest BCUT2D eigenvalue weighted by Crippen LogP contribution is -2.21. The molecule has 0 unspecified atom stereocenters. The third kappa shape index (κ3) is 5.65. The first-order valence-electron chi connectivity index (χ1n) is 8.60. The van der Waals surface area contributed by atoms with Gasteiger partial charge in [-0.1, -0.05) is 34.5 Å². The van der Waals surface area contributed by atoms with Gasteiger partial charge in [0.1, 0.15) is 0 Å². The van der Waals surface area contributed by atoms with Gasteiger partial charge in [-0.2, -0.15) is 4.98 Å². The topological polar surface area (TPSA) is 94.3 Å². The van der Waals surface area contributed by atoms with E-state index in [0.29, 0.717) is 22.4 Å². The number of carbonyl (C=O) groups excluding carboxylic acids is 2. The van der Waals surface area contributed by atoms with Crippen molar-refractivity contribution < 1.29 is 18.8 Å². The van der Waals surface area contributed by atoms with Crippen molar-refractivity contribution in [3.05, 3.63) is 65.0 Å². The quantitative estimate of drug-likeness (QED) is 0.607. The summed E-state index contributed by atoms with van der Waals surface area (Å²) in [5, 5.41) is 7.15. The summed E-state index contributed by atoms with van der Waals surface area (Å²) in [6.45, 7) is 1.60. The molecule has 0 aliphatic rings. The Hall–Kier alpha value is -3.19. The van der Waals surface area contributed by atoms with Crippen LogP contribution in [0.2, 0.25) is 5.02 Å². The van der Waals surface area contributed by atoms with E-state index in [4.69, 9.17) is 20.9 Å². The summed E-state index contributed by atoms with van der Waals surface area (Å²) in [6.07, 6.45) is 0.249. The van der Waals surface area contributed by atoms with Crippen LogP contribution in [0.3, 0.4) is 0 Å². The lowest BCUT2D eigenvalue weighted by molar-refractivity contribution is -0.147.